The number of benzene rings is 1. The van der Waals surface area contributed by atoms with Gasteiger partial charge in [-0.2, -0.15) is 5.26 Å². The number of ether oxygens (including phenoxy) is 1. The molecule has 0 aliphatic carbocycles. The van der Waals surface area contributed by atoms with Gasteiger partial charge < -0.3 is 10.1 Å². The van der Waals surface area contributed by atoms with E-state index in [0.29, 0.717) is 5.56 Å². The maximum atomic E-state index is 13.3. The number of hydrogen-bond donors (Lipinski definition) is 1. The van der Waals surface area contributed by atoms with Crippen LogP contribution >= 0.6 is 0 Å². The van der Waals surface area contributed by atoms with Crippen molar-refractivity contribution in [2.75, 3.05) is 7.11 Å². The van der Waals surface area contributed by atoms with Crippen LogP contribution in [0.25, 0.3) is 0 Å². The van der Waals surface area contributed by atoms with Crippen molar-refractivity contribution in [1.29, 1.82) is 5.26 Å². The van der Waals surface area contributed by atoms with Gasteiger partial charge >= 0.3 is 0 Å². The minimum atomic E-state index is -0.462. The summed E-state index contributed by atoms with van der Waals surface area (Å²) in [5, 5.41) is 10.9. The van der Waals surface area contributed by atoms with Crippen LogP contribution in [0.5, 0.6) is 5.75 Å². The lowest BCUT2D eigenvalue weighted by atomic mass is 10.2. The molecule has 1 rings (SSSR count). The maximum absolute atomic E-state index is 13.3. The minimum absolute atomic E-state index is 0.162. The Hall–Kier alpha value is -2.09. The molecule has 0 bridgehead atoms. The Bertz CT molecular complexity index is 441. The van der Waals surface area contributed by atoms with Crippen molar-refractivity contribution >= 4 is 5.91 Å². The van der Waals surface area contributed by atoms with Crippen molar-refractivity contribution in [3.05, 3.63) is 29.6 Å². The molecular weight excluding hydrogens is 223 g/mol. The second kappa shape index (κ2) is 6.48. The molecule has 0 aromatic heterocycles. The number of nitrogens with one attached hydrogen (secondary N) is 1. The lowest BCUT2D eigenvalue weighted by Gasteiger charge is -2.06. The van der Waals surface area contributed by atoms with E-state index in [2.05, 4.69) is 5.32 Å². The Morgan fingerprint density at radius 1 is 1.59 bits per heavy atom. The highest BCUT2D eigenvalue weighted by molar-refractivity contribution is 5.76. The lowest BCUT2D eigenvalue weighted by molar-refractivity contribution is -0.121. The monoisotopic (exact) mass is 236 g/mol. The Kier molecular flexibility index (Phi) is 4.95. The van der Waals surface area contributed by atoms with Crippen LogP contribution in [0.15, 0.2) is 18.2 Å². The highest BCUT2D eigenvalue weighted by atomic mass is 19.1. The standard InChI is InChI=1S/C12H13FN2O2/c1-17-11-5-4-9(7-10(11)13)8-15-12(16)3-2-6-14/h4-5,7H,2-3,8H2,1H3,(H,15,16). The summed E-state index contributed by atoms with van der Waals surface area (Å²) in [5.41, 5.74) is 0.647. The number of halogens is 1. The predicted octanol–water partition coefficient (Wildman–Crippen LogP) is 1.75. The second-order valence-corrected chi connectivity index (χ2v) is 3.40. The molecule has 90 valence electrons. The topological polar surface area (TPSA) is 62.1 Å². The summed E-state index contributed by atoms with van der Waals surface area (Å²) in [5.74, 6) is -0.511. The van der Waals surface area contributed by atoms with E-state index in [1.807, 2.05) is 6.07 Å². The van der Waals surface area contributed by atoms with Crippen molar-refractivity contribution in [2.24, 2.45) is 0 Å². The molecule has 0 spiro atoms. The zero-order chi connectivity index (χ0) is 12.7. The van der Waals surface area contributed by atoms with Crippen LogP contribution < -0.4 is 10.1 Å². The first-order valence-corrected chi connectivity index (χ1v) is 5.13. The molecule has 0 aliphatic rings. The lowest BCUT2D eigenvalue weighted by Crippen LogP contribution is -2.22. The molecule has 1 aromatic carbocycles. The third-order valence-electron chi connectivity index (χ3n) is 2.17. The van der Waals surface area contributed by atoms with Crippen LogP contribution in [0, 0.1) is 17.1 Å². The van der Waals surface area contributed by atoms with Crippen molar-refractivity contribution in [2.45, 2.75) is 19.4 Å². The van der Waals surface area contributed by atoms with E-state index in [-0.39, 0.29) is 31.0 Å². The van der Waals surface area contributed by atoms with Gasteiger partial charge in [-0.3, -0.25) is 4.79 Å². The summed E-state index contributed by atoms with van der Waals surface area (Å²) >= 11 is 0. The molecule has 1 amide bonds. The summed E-state index contributed by atoms with van der Waals surface area (Å²) in [6, 6.07) is 6.37. The molecule has 0 saturated carbocycles. The van der Waals surface area contributed by atoms with E-state index in [9.17, 15) is 9.18 Å². The third-order valence-corrected chi connectivity index (χ3v) is 2.17. The van der Waals surface area contributed by atoms with Crippen LogP contribution in [0.4, 0.5) is 4.39 Å². The Morgan fingerprint density at radius 3 is 2.94 bits per heavy atom. The highest BCUT2D eigenvalue weighted by Crippen LogP contribution is 2.17. The molecule has 1 aromatic rings. The summed E-state index contributed by atoms with van der Waals surface area (Å²) in [7, 11) is 1.39. The number of nitrogens with zero attached hydrogens (tertiary/aromatic N) is 1. The summed E-state index contributed by atoms with van der Waals surface area (Å²) < 4.78 is 18.1. The molecular formula is C12H13FN2O2. The van der Waals surface area contributed by atoms with Gasteiger partial charge in [-0.15, -0.1) is 0 Å². The molecule has 0 atom stereocenters. The van der Waals surface area contributed by atoms with Gasteiger partial charge in [0.05, 0.1) is 13.2 Å². The third kappa shape index (κ3) is 4.11. The van der Waals surface area contributed by atoms with Crippen molar-refractivity contribution in [1.82, 2.24) is 5.32 Å². The van der Waals surface area contributed by atoms with E-state index in [0.717, 1.165) is 0 Å². The largest absolute Gasteiger partial charge is 0.494 e. The number of amides is 1. The fourth-order valence-electron chi connectivity index (χ4n) is 1.28. The van der Waals surface area contributed by atoms with E-state index < -0.39 is 5.82 Å². The van der Waals surface area contributed by atoms with E-state index >= 15 is 0 Å². The van der Waals surface area contributed by atoms with Gasteiger partial charge in [0.2, 0.25) is 5.91 Å². The first-order chi connectivity index (χ1) is 8.17. The molecule has 5 heteroatoms. The zero-order valence-corrected chi connectivity index (χ0v) is 9.50. The zero-order valence-electron chi connectivity index (χ0n) is 9.50. The second-order valence-electron chi connectivity index (χ2n) is 3.40. The highest BCUT2D eigenvalue weighted by Gasteiger charge is 2.05. The van der Waals surface area contributed by atoms with Gasteiger partial charge in [-0.05, 0) is 17.7 Å². The van der Waals surface area contributed by atoms with Crippen LogP contribution in [-0.4, -0.2) is 13.0 Å². The first kappa shape index (κ1) is 13.0. The van der Waals surface area contributed by atoms with Crippen molar-refractivity contribution in [3.8, 4) is 11.8 Å². The number of carbonyl (C=O) groups is 1. The van der Waals surface area contributed by atoms with Gasteiger partial charge in [-0.25, -0.2) is 4.39 Å². The van der Waals surface area contributed by atoms with Crippen LogP contribution in [-0.2, 0) is 11.3 Å². The van der Waals surface area contributed by atoms with E-state index in [1.165, 1.54) is 19.2 Å². The van der Waals surface area contributed by atoms with Crippen LogP contribution in [0.3, 0.4) is 0 Å². The molecule has 0 aliphatic heterocycles. The first-order valence-electron chi connectivity index (χ1n) is 5.13. The number of nitriles is 1. The normalized spacial score (nSPS) is 9.47. The van der Waals surface area contributed by atoms with Gasteiger partial charge in [-0.1, -0.05) is 6.07 Å². The molecule has 1 N–H and O–H groups in total. The molecule has 0 unspecified atom stereocenters. The Morgan fingerprint density at radius 2 is 2.35 bits per heavy atom. The fraction of sp³-hybridized carbons (Fsp3) is 0.333. The molecule has 0 heterocycles. The minimum Gasteiger partial charge on any atom is -0.494 e. The summed E-state index contributed by atoms with van der Waals surface area (Å²) in [4.78, 5) is 11.2. The van der Waals surface area contributed by atoms with Gasteiger partial charge in [0, 0.05) is 19.4 Å². The molecule has 17 heavy (non-hydrogen) atoms. The van der Waals surface area contributed by atoms with Crippen LogP contribution in [0.1, 0.15) is 18.4 Å². The van der Waals surface area contributed by atoms with E-state index in [4.69, 9.17) is 10.00 Å². The Balaban J connectivity index is 2.50. The van der Waals surface area contributed by atoms with Gasteiger partial charge in [0.25, 0.3) is 0 Å². The maximum Gasteiger partial charge on any atom is 0.221 e. The van der Waals surface area contributed by atoms with Crippen molar-refractivity contribution in [3.63, 3.8) is 0 Å². The number of methoxy groups -OCH3 is 1. The smallest absolute Gasteiger partial charge is 0.221 e. The van der Waals surface area contributed by atoms with Gasteiger partial charge in [0.15, 0.2) is 11.6 Å². The van der Waals surface area contributed by atoms with E-state index in [1.54, 1.807) is 6.07 Å². The quantitative estimate of drug-likeness (QED) is 0.847. The number of hydrogen-bond acceptors (Lipinski definition) is 3. The molecule has 4 nitrogen and oxygen atoms in total. The Labute approximate surface area is 99.0 Å². The fourth-order valence-corrected chi connectivity index (χ4v) is 1.28. The molecule has 0 radical (unpaired) electrons. The average molecular weight is 236 g/mol. The molecule has 0 fully saturated rings. The van der Waals surface area contributed by atoms with Crippen molar-refractivity contribution < 1.29 is 13.9 Å². The number of carbonyl (C=O) groups excluding carboxylic acids is 1. The SMILES string of the molecule is COc1ccc(CNC(=O)CCC#N)cc1F. The summed E-state index contributed by atoms with van der Waals surface area (Å²) in [6.07, 6.45) is 0.345. The van der Waals surface area contributed by atoms with Gasteiger partial charge in [0.1, 0.15) is 0 Å². The number of rotatable bonds is 5. The van der Waals surface area contributed by atoms with Crippen LogP contribution in [0.2, 0.25) is 0 Å². The average Bonchev–Trinajstić information content (AvgIpc) is 2.34. The summed E-state index contributed by atoms with van der Waals surface area (Å²) in [6.45, 7) is 0.241. The molecule has 0 saturated heterocycles. The predicted molar refractivity (Wildman–Crippen MR) is 59.6 cm³/mol.